The molecule has 0 radical (unpaired) electrons. The molecule has 0 aliphatic rings. The van der Waals surface area contributed by atoms with Gasteiger partial charge in [-0.05, 0) is 43.3 Å². The van der Waals surface area contributed by atoms with E-state index in [0.29, 0.717) is 17.5 Å². The SMILES string of the molecule is COc1ccc2cc(NS(=O)(=O)c3ccc(C)cc3)n(-c3ncccn3)c2c1. The summed E-state index contributed by atoms with van der Waals surface area (Å²) in [4.78, 5) is 8.74. The zero-order chi connectivity index (χ0) is 19.7. The predicted octanol–water partition coefficient (Wildman–Crippen LogP) is 3.54. The first-order chi connectivity index (χ1) is 13.5. The van der Waals surface area contributed by atoms with Gasteiger partial charge >= 0.3 is 0 Å². The van der Waals surface area contributed by atoms with Gasteiger partial charge in [0.05, 0.1) is 17.5 Å². The van der Waals surface area contributed by atoms with Gasteiger partial charge in [0.25, 0.3) is 10.0 Å². The van der Waals surface area contributed by atoms with E-state index in [1.54, 1.807) is 60.5 Å². The fourth-order valence-corrected chi connectivity index (χ4v) is 3.96. The molecule has 0 fully saturated rings. The fraction of sp³-hybridized carbons (Fsp3) is 0.100. The molecule has 2 heterocycles. The summed E-state index contributed by atoms with van der Waals surface area (Å²) in [6.07, 6.45) is 3.21. The normalized spacial score (nSPS) is 11.5. The minimum absolute atomic E-state index is 0.182. The molecule has 0 atom stereocenters. The Bertz CT molecular complexity index is 1230. The highest BCUT2D eigenvalue weighted by Crippen LogP contribution is 2.30. The van der Waals surface area contributed by atoms with Crippen molar-refractivity contribution >= 4 is 26.7 Å². The van der Waals surface area contributed by atoms with Crippen LogP contribution in [0.2, 0.25) is 0 Å². The fourth-order valence-electron chi connectivity index (χ4n) is 2.92. The number of aryl methyl sites for hydroxylation is 1. The maximum Gasteiger partial charge on any atom is 0.263 e. The summed E-state index contributed by atoms with van der Waals surface area (Å²) >= 11 is 0. The van der Waals surface area contributed by atoms with Gasteiger partial charge in [-0.15, -0.1) is 0 Å². The summed E-state index contributed by atoms with van der Waals surface area (Å²) in [6.45, 7) is 1.90. The van der Waals surface area contributed by atoms with Crippen LogP contribution in [0.5, 0.6) is 5.75 Å². The Labute approximate surface area is 162 Å². The van der Waals surface area contributed by atoms with Crippen LogP contribution in [0.1, 0.15) is 5.56 Å². The van der Waals surface area contributed by atoms with E-state index in [-0.39, 0.29) is 4.90 Å². The molecule has 0 amide bonds. The van der Waals surface area contributed by atoms with Gasteiger partial charge in [-0.25, -0.2) is 18.4 Å². The third kappa shape index (κ3) is 3.29. The summed E-state index contributed by atoms with van der Waals surface area (Å²) < 4.78 is 35.4. The summed E-state index contributed by atoms with van der Waals surface area (Å²) in [5, 5.41) is 0.829. The molecular weight excluding hydrogens is 376 g/mol. The Hall–Kier alpha value is -3.39. The van der Waals surface area contributed by atoms with Gasteiger partial charge in [-0.3, -0.25) is 9.29 Å². The Kier molecular flexibility index (Phi) is 4.48. The Balaban J connectivity index is 1.88. The molecular formula is C20H18N4O3S. The molecule has 142 valence electrons. The van der Waals surface area contributed by atoms with E-state index in [9.17, 15) is 8.42 Å². The number of hydrogen-bond acceptors (Lipinski definition) is 5. The van der Waals surface area contributed by atoms with E-state index in [4.69, 9.17) is 4.74 Å². The lowest BCUT2D eigenvalue weighted by atomic mass is 10.2. The number of anilines is 1. The lowest BCUT2D eigenvalue weighted by Crippen LogP contribution is -2.16. The molecule has 2 aromatic carbocycles. The monoisotopic (exact) mass is 394 g/mol. The van der Waals surface area contributed by atoms with Crippen molar-refractivity contribution < 1.29 is 13.2 Å². The topological polar surface area (TPSA) is 86.1 Å². The summed E-state index contributed by atoms with van der Waals surface area (Å²) in [5.74, 6) is 1.35. The zero-order valence-corrected chi connectivity index (χ0v) is 16.1. The van der Waals surface area contributed by atoms with Gasteiger partial charge < -0.3 is 4.74 Å². The van der Waals surface area contributed by atoms with Crippen molar-refractivity contribution in [3.8, 4) is 11.7 Å². The smallest absolute Gasteiger partial charge is 0.263 e. The van der Waals surface area contributed by atoms with Crippen molar-refractivity contribution in [3.63, 3.8) is 0 Å². The lowest BCUT2D eigenvalue weighted by molar-refractivity contribution is 0.415. The second-order valence-electron chi connectivity index (χ2n) is 6.26. The molecule has 0 spiro atoms. The summed E-state index contributed by atoms with van der Waals surface area (Å²) in [5.41, 5.74) is 1.71. The largest absolute Gasteiger partial charge is 0.497 e. The van der Waals surface area contributed by atoms with Crippen molar-refractivity contribution in [1.82, 2.24) is 14.5 Å². The molecule has 0 saturated heterocycles. The van der Waals surface area contributed by atoms with Gasteiger partial charge in [0, 0.05) is 23.8 Å². The van der Waals surface area contributed by atoms with Crippen LogP contribution in [0, 0.1) is 6.92 Å². The number of benzene rings is 2. The van der Waals surface area contributed by atoms with E-state index in [1.807, 2.05) is 25.1 Å². The molecule has 0 bridgehead atoms. The number of fused-ring (bicyclic) bond motifs is 1. The molecule has 1 N–H and O–H groups in total. The van der Waals surface area contributed by atoms with Crippen LogP contribution >= 0.6 is 0 Å². The van der Waals surface area contributed by atoms with Crippen LogP contribution in [0.4, 0.5) is 5.82 Å². The Morgan fingerprint density at radius 1 is 1.00 bits per heavy atom. The van der Waals surface area contributed by atoms with Crippen LogP contribution in [0.3, 0.4) is 0 Å². The van der Waals surface area contributed by atoms with Crippen molar-refractivity contribution in [2.75, 3.05) is 11.8 Å². The van der Waals surface area contributed by atoms with Crippen LogP contribution in [0.25, 0.3) is 16.9 Å². The minimum atomic E-state index is -3.78. The number of nitrogens with one attached hydrogen (secondary N) is 1. The zero-order valence-electron chi connectivity index (χ0n) is 15.3. The number of ether oxygens (including phenoxy) is 1. The number of nitrogens with zero attached hydrogens (tertiary/aromatic N) is 3. The molecule has 0 aliphatic heterocycles. The van der Waals surface area contributed by atoms with Crippen molar-refractivity contribution in [2.45, 2.75) is 11.8 Å². The van der Waals surface area contributed by atoms with Crippen LogP contribution in [-0.4, -0.2) is 30.1 Å². The van der Waals surface area contributed by atoms with Gasteiger partial charge in [-0.1, -0.05) is 17.7 Å². The third-order valence-corrected chi connectivity index (χ3v) is 5.70. The number of methoxy groups -OCH3 is 1. The first-order valence-electron chi connectivity index (χ1n) is 8.54. The van der Waals surface area contributed by atoms with Crippen LogP contribution < -0.4 is 9.46 Å². The molecule has 7 nitrogen and oxygen atoms in total. The first kappa shape index (κ1) is 18.0. The van der Waals surface area contributed by atoms with E-state index >= 15 is 0 Å². The molecule has 0 aliphatic carbocycles. The maximum absolute atomic E-state index is 12.9. The van der Waals surface area contributed by atoms with E-state index < -0.39 is 10.0 Å². The lowest BCUT2D eigenvalue weighted by Gasteiger charge is -2.12. The molecule has 0 saturated carbocycles. The minimum Gasteiger partial charge on any atom is -0.497 e. The van der Waals surface area contributed by atoms with Crippen molar-refractivity contribution in [3.05, 3.63) is 72.6 Å². The summed E-state index contributed by atoms with van der Waals surface area (Å²) in [6, 6.07) is 15.6. The first-order valence-corrected chi connectivity index (χ1v) is 10.0. The van der Waals surface area contributed by atoms with Crippen molar-refractivity contribution in [2.24, 2.45) is 0 Å². The highest BCUT2D eigenvalue weighted by molar-refractivity contribution is 7.92. The quantitative estimate of drug-likeness (QED) is 0.560. The summed E-state index contributed by atoms with van der Waals surface area (Å²) in [7, 11) is -2.20. The van der Waals surface area contributed by atoms with E-state index in [1.165, 1.54) is 0 Å². The maximum atomic E-state index is 12.9. The average molecular weight is 394 g/mol. The molecule has 2 aromatic heterocycles. The molecule has 4 rings (SSSR count). The second kappa shape index (κ2) is 6.97. The predicted molar refractivity (Wildman–Crippen MR) is 107 cm³/mol. The van der Waals surface area contributed by atoms with Crippen LogP contribution in [-0.2, 0) is 10.0 Å². The number of hydrogen-bond donors (Lipinski definition) is 1. The Morgan fingerprint density at radius 3 is 2.39 bits per heavy atom. The van der Waals surface area contributed by atoms with Gasteiger partial charge in [0.1, 0.15) is 11.6 Å². The third-order valence-electron chi connectivity index (χ3n) is 4.33. The molecule has 0 unspecified atom stereocenters. The van der Waals surface area contributed by atoms with Gasteiger partial charge in [-0.2, -0.15) is 0 Å². The number of sulfonamides is 1. The average Bonchev–Trinajstić information content (AvgIpc) is 3.05. The standard InChI is InChI=1S/C20H18N4O3S/c1-14-4-8-17(9-5-14)28(25,26)23-19-12-15-6-7-16(27-2)13-18(15)24(19)20-21-10-3-11-22-20/h3-13,23H,1-2H3. The van der Waals surface area contributed by atoms with E-state index in [2.05, 4.69) is 14.7 Å². The van der Waals surface area contributed by atoms with Gasteiger partial charge in [0.2, 0.25) is 5.95 Å². The van der Waals surface area contributed by atoms with Gasteiger partial charge in [0.15, 0.2) is 0 Å². The number of aromatic nitrogens is 3. The highest BCUT2D eigenvalue weighted by Gasteiger charge is 2.20. The van der Waals surface area contributed by atoms with Crippen LogP contribution in [0.15, 0.2) is 71.9 Å². The number of rotatable bonds is 5. The molecule has 28 heavy (non-hydrogen) atoms. The molecule has 8 heteroatoms. The Morgan fingerprint density at radius 2 is 1.71 bits per heavy atom. The highest BCUT2D eigenvalue weighted by atomic mass is 32.2. The van der Waals surface area contributed by atoms with Crippen molar-refractivity contribution in [1.29, 1.82) is 0 Å². The molecule has 4 aromatic rings. The van der Waals surface area contributed by atoms with E-state index in [0.717, 1.165) is 16.5 Å². The second-order valence-corrected chi connectivity index (χ2v) is 7.94.